The molecule has 44 heavy (non-hydrogen) atoms. The van der Waals surface area contributed by atoms with Crippen molar-refractivity contribution in [3.63, 3.8) is 0 Å². The van der Waals surface area contributed by atoms with Gasteiger partial charge in [0.1, 0.15) is 11.8 Å². The Kier molecular flexibility index (Phi) is 9.56. The summed E-state index contributed by atoms with van der Waals surface area (Å²) in [7, 11) is 1.59. The van der Waals surface area contributed by atoms with E-state index in [9.17, 15) is 14.7 Å². The number of ether oxygens (including phenoxy) is 1. The van der Waals surface area contributed by atoms with Gasteiger partial charge >= 0.3 is 0 Å². The maximum Gasteiger partial charge on any atom is 0.251 e. The third-order valence-corrected chi connectivity index (χ3v) is 11.6. The number of aliphatic hydroxyl groups is 1. The third kappa shape index (κ3) is 5.13. The molecule has 9 heteroatoms. The average Bonchev–Trinajstić information content (AvgIpc) is 3.64. The van der Waals surface area contributed by atoms with Crippen molar-refractivity contribution in [2.45, 2.75) is 48.8 Å². The second-order valence-corrected chi connectivity index (χ2v) is 13.5. The topological polar surface area (TPSA) is 90.4 Å². The first-order valence-electron chi connectivity index (χ1n) is 15.4. The second-order valence-electron chi connectivity index (χ2n) is 11.9. The summed E-state index contributed by atoms with van der Waals surface area (Å²) in [5, 5.41) is 10.8. The van der Waals surface area contributed by atoms with Crippen LogP contribution in [0.3, 0.4) is 0 Å². The lowest BCUT2D eigenvalue weighted by molar-refractivity contribution is -0.145. The van der Waals surface area contributed by atoms with Crippen LogP contribution in [0.15, 0.2) is 79.9 Å². The van der Waals surface area contributed by atoms with Crippen molar-refractivity contribution in [2.75, 3.05) is 38.3 Å². The average molecular weight is 618 g/mol. The summed E-state index contributed by atoms with van der Waals surface area (Å²) in [5.74, 6) is -1.13. The first-order valence-corrected chi connectivity index (χ1v) is 16.3. The van der Waals surface area contributed by atoms with Gasteiger partial charge in [0, 0.05) is 30.6 Å². The molecule has 2 bridgehead atoms. The van der Waals surface area contributed by atoms with Crippen LogP contribution in [0.2, 0.25) is 0 Å². The number of anilines is 1. The molecule has 234 valence electrons. The predicted molar refractivity (Wildman–Crippen MR) is 174 cm³/mol. The Morgan fingerprint density at radius 3 is 2.39 bits per heavy atom. The highest BCUT2D eigenvalue weighted by Gasteiger charge is 2.77. The highest BCUT2D eigenvalue weighted by molar-refractivity contribution is 8.02. The number of hydrogen-bond donors (Lipinski definition) is 1. The molecule has 0 aromatic heterocycles. The molecule has 7 atom stereocenters. The molecule has 2 aromatic carbocycles. The zero-order chi connectivity index (χ0) is 31.6. The second kappa shape index (κ2) is 13.2. The van der Waals surface area contributed by atoms with Crippen molar-refractivity contribution in [1.29, 1.82) is 0 Å². The summed E-state index contributed by atoms with van der Waals surface area (Å²) < 4.78 is 4.51. The van der Waals surface area contributed by atoms with E-state index in [1.807, 2.05) is 49.4 Å². The normalized spacial score (nSPS) is 27.5. The maximum absolute atomic E-state index is 15.0. The summed E-state index contributed by atoms with van der Waals surface area (Å²) in [5.41, 5.74) is 1.40. The van der Waals surface area contributed by atoms with E-state index in [0.717, 1.165) is 18.4 Å². The van der Waals surface area contributed by atoms with Crippen molar-refractivity contribution < 1.29 is 24.2 Å². The van der Waals surface area contributed by atoms with Crippen molar-refractivity contribution in [3.8, 4) is 5.75 Å². The first-order chi connectivity index (χ1) is 21.3. The van der Waals surface area contributed by atoms with Gasteiger partial charge in [-0.1, -0.05) is 56.3 Å². The Bertz CT molecular complexity index is 1380. The Balaban J connectivity index is 1.66. The molecule has 3 aliphatic heterocycles. The number of fused-ring (bicyclic) bond motifs is 1. The smallest absolute Gasteiger partial charge is 0.251 e. The first kappa shape index (κ1) is 31.9. The van der Waals surface area contributed by atoms with Crippen LogP contribution in [0.25, 0.3) is 0 Å². The zero-order valence-corrected chi connectivity index (χ0v) is 26.6. The highest BCUT2D eigenvalue weighted by Crippen LogP contribution is 2.69. The monoisotopic (exact) mass is 617 g/mol. The molecule has 0 radical (unpaired) electrons. The molecule has 8 nitrogen and oxygen atoms in total. The molecule has 0 saturated carbocycles. The fraction of sp³-hybridized carbons (Fsp3) is 0.457. The zero-order valence-electron chi connectivity index (χ0n) is 25.8. The van der Waals surface area contributed by atoms with Gasteiger partial charge in [0.05, 0.1) is 36.3 Å². The number of carbonyl (C=O) groups excluding carboxylic acids is 3. The van der Waals surface area contributed by atoms with Crippen LogP contribution >= 0.6 is 11.8 Å². The highest BCUT2D eigenvalue weighted by atomic mass is 32.2. The summed E-state index contributed by atoms with van der Waals surface area (Å²) in [6.45, 7) is 12.8. The van der Waals surface area contributed by atoms with Gasteiger partial charge in [-0.25, -0.2) is 0 Å². The minimum absolute atomic E-state index is 0.00922. The van der Waals surface area contributed by atoms with E-state index in [1.165, 1.54) is 0 Å². The van der Waals surface area contributed by atoms with Gasteiger partial charge in [-0.2, -0.15) is 0 Å². The van der Waals surface area contributed by atoms with Crippen molar-refractivity contribution >= 4 is 35.2 Å². The van der Waals surface area contributed by atoms with Gasteiger partial charge in [0.15, 0.2) is 0 Å². The molecule has 1 N–H and O–H groups in total. The molecular weight excluding hydrogens is 574 g/mol. The van der Waals surface area contributed by atoms with Gasteiger partial charge in [0.2, 0.25) is 11.8 Å². The number of amides is 3. The fourth-order valence-corrected chi connectivity index (χ4v) is 10.1. The molecule has 3 aliphatic rings. The van der Waals surface area contributed by atoms with Gasteiger partial charge < -0.3 is 24.5 Å². The number of benzene rings is 2. The van der Waals surface area contributed by atoms with Crippen molar-refractivity contribution in [3.05, 3.63) is 85.5 Å². The number of carbonyl (C=O) groups is 3. The van der Waals surface area contributed by atoms with Gasteiger partial charge in [-0.15, -0.1) is 24.9 Å². The van der Waals surface area contributed by atoms with E-state index in [0.29, 0.717) is 24.5 Å². The number of rotatable bonds is 13. The third-order valence-electron chi connectivity index (χ3n) is 9.51. The van der Waals surface area contributed by atoms with Crippen LogP contribution in [0, 0.1) is 17.8 Å². The Labute approximate surface area is 264 Å². The van der Waals surface area contributed by atoms with E-state index in [4.69, 9.17) is 4.74 Å². The number of methoxy groups -OCH3 is 1. The van der Waals surface area contributed by atoms with Crippen LogP contribution in [0.5, 0.6) is 5.75 Å². The molecule has 3 amide bonds. The molecule has 3 fully saturated rings. The lowest BCUT2D eigenvalue weighted by Gasteiger charge is -2.42. The Hall–Kier alpha value is -3.56. The summed E-state index contributed by atoms with van der Waals surface area (Å²) in [4.78, 5) is 49.2. The van der Waals surface area contributed by atoms with Gasteiger partial charge in [-0.3, -0.25) is 14.4 Å². The van der Waals surface area contributed by atoms with E-state index in [-0.39, 0.29) is 42.0 Å². The molecule has 1 spiro atoms. The van der Waals surface area contributed by atoms with Crippen LogP contribution < -0.4 is 9.64 Å². The fourth-order valence-electron chi connectivity index (χ4n) is 7.68. The minimum Gasteiger partial charge on any atom is -0.497 e. The minimum atomic E-state index is -0.902. The van der Waals surface area contributed by atoms with Crippen molar-refractivity contribution in [2.24, 2.45) is 17.8 Å². The molecule has 2 aromatic rings. The number of aliphatic hydroxyl groups excluding tert-OH is 1. The van der Waals surface area contributed by atoms with E-state index >= 15 is 4.79 Å². The quantitative estimate of drug-likeness (QED) is 0.328. The molecule has 3 heterocycles. The molecule has 5 rings (SSSR count). The number of likely N-dealkylation sites (tertiary alicyclic amines) is 1. The summed E-state index contributed by atoms with van der Waals surface area (Å²) >= 11 is 1.64. The van der Waals surface area contributed by atoms with E-state index in [1.54, 1.807) is 57.9 Å². The molecule has 0 aliphatic carbocycles. The summed E-state index contributed by atoms with van der Waals surface area (Å²) in [6, 6.07) is 14.9. The van der Waals surface area contributed by atoms with Gasteiger partial charge in [-0.05, 0) is 48.6 Å². The lowest BCUT2D eigenvalue weighted by Crippen LogP contribution is -2.58. The molecule has 3 unspecified atom stereocenters. The van der Waals surface area contributed by atoms with Crippen LogP contribution in [0.4, 0.5) is 5.69 Å². The van der Waals surface area contributed by atoms with Crippen LogP contribution in [-0.4, -0.2) is 82.0 Å². The Morgan fingerprint density at radius 1 is 1.11 bits per heavy atom. The van der Waals surface area contributed by atoms with E-state index < -0.39 is 28.7 Å². The largest absolute Gasteiger partial charge is 0.497 e. The maximum atomic E-state index is 15.0. The van der Waals surface area contributed by atoms with E-state index in [2.05, 4.69) is 20.1 Å². The van der Waals surface area contributed by atoms with Crippen molar-refractivity contribution in [1.82, 2.24) is 9.80 Å². The SMILES string of the molecule is C=CCN(CCC)C(=O)[C@@H]1[C@@H]2CC(C)C3(S2)C(C(=O)N(CC=C)c2ccc(OC)cc2)N([C@H](CO)c2ccccc2)C(=O)[C@H]13. The predicted octanol–water partition coefficient (Wildman–Crippen LogP) is 4.71. The molecule has 3 saturated heterocycles. The van der Waals surface area contributed by atoms with Gasteiger partial charge in [0.25, 0.3) is 5.91 Å². The van der Waals surface area contributed by atoms with Crippen LogP contribution in [0.1, 0.15) is 38.3 Å². The van der Waals surface area contributed by atoms with Crippen LogP contribution in [-0.2, 0) is 14.4 Å². The standard InChI is InChI=1S/C35H43N3O5S/c1-6-18-36(19-7-2)32(40)29-28-21-23(4)35(44-28)30(29)33(41)38(27(22-39)24-12-10-9-11-13-24)31(35)34(42)37(20-8-3)25-14-16-26(43-5)17-15-25/h6,8-17,23,27-31,39H,1,3,7,18-22H2,2,4-5H3/t23?,27-,28+,29-,30+,31?,35?/m1/s1. The molecular formula is C35H43N3O5S. The number of nitrogens with zero attached hydrogens (tertiary/aromatic N) is 3. The number of thioether (sulfide) groups is 1. The Morgan fingerprint density at radius 2 is 1.80 bits per heavy atom. The number of hydrogen-bond acceptors (Lipinski definition) is 6. The summed E-state index contributed by atoms with van der Waals surface area (Å²) in [6.07, 6.45) is 4.92. The lowest BCUT2D eigenvalue weighted by atomic mass is 9.65.